The van der Waals surface area contributed by atoms with Crippen molar-refractivity contribution in [2.24, 2.45) is 5.92 Å². The number of carbonyl (C=O) groups is 1. The number of nitrogen functional groups attached to an aromatic ring is 1. The second kappa shape index (κ2) is 6.62. The van der Waals surface area contributed by atoms with Crippen LogP contribution in [0.25, 0.3) is 11.1 Å². The largest absolute Gasteiger partial charge is 0.398 e. The van der Waals surface area contributed by atoms with Crippen molar-refractivity contribution < 1.29 is 9.18 Å². The van der Waals surface area contributed by atoms with E-state index in [9.17, 15) is 4.79 Å². The Kier molecular flexibility index (Phi) is 4.49. The van der Waals surface area contributed by atoms with E-state index >= 15 is 4.39 Å². The Bertz CT molecular complexity index is 977. The first-order valence-corrected chi connectivity index (χ1v) is 9.92. The average molecular weight is 403 g/mol. The smallest absolute Gasteiger partial charge is 0.258 e. The molecule has 1 aliphatic carbocycles. The summed E-state index contributed by atoms with van der Waals surface area (Å²) >= 11 is 6.81. The van der Waals surface area contributed by atoms with Crippen LogP contribution < -0.4 is 11.1 Å². The minimum atomic E-state index is -0.664. The lowest BCUT2D eigenvalue weighted by atomic mass is 9.92. The number of halogens is 2. The van der Waals surface area contributed by atoms with Crippen molar-refractivity contribution in [3.8, 4) is 11.1 Å². The van der Waals surface area contributed by atoms with E-state index in [-0.39, 0.29) is 22.2 Å². The number of nitrogens with zero attached hydrogens (tertiary/aromatic N) is 2. The number of aromatic nitrogens is 1. The van der Waals surface area contributed by atoms with Crippen molar-refractivity contribution >= 4 is 29.0 Å². The highest BCUT2D eigenvalue weighted by Crippen LogP contribution is 2.63. The maximum Gasteiger partial charge on any atom is 0.258 e. The topological polar surface area (TPSA) is 71.2 Å². The second-order valence-electron chi connectivity index (χ2n) is 8.00. The Labute approximate surface area is 169 Å². The molecule has 0 bridgehead atoms. The molecule has 0 radical (unpaired) electrons. The lowest BCUT2D eigenvalue weighted by Crippen LogP contribution is -2.24. The summed E-state index contributed by atoms with van der Waals surface area (Å²) in [6.45, 7) is 3.00. The number of hydrogen-bond acceptors (Lipinski definition) is 4. The number of nitrogens with one attached hydrogen (secondary N) is 1. The lowest BCUT2D eigenvalue weighted by Gasteiger charge is -2.17. The molecule has 1 aromatic carbocycles. The predicted octanol–water partition coefficient (Wildman–Crippen LogP) is 4.31. The number of fused-ring (bicyclic) bond motifs is 2. The van der Waals surface area contributed by atoms with Crippen LogP contribution >= 0.6 is 11.6 Å². The number of benzene rings is 1. The van der Waals surface area contributed by atoms with Crippen LogP contribution in [-0.4, -0.2) is 36.4 Å². The van der Waals surface area contributed by atoms with Crippen molar-refractivity contribution in [3.05, 3.63) is 40.3 Å². The Morgan fingerprint density at radius 1 is 1.43 bits per heavy atom. The molecule has 148 valence electrons. The lowest BCUT2D eigenvalue weighted by molar-refractivity contribution is 0.0824. The first-order valence-electron chi connectivity index (χ1n) is 9.54. The molecule has 1 aliphatic heterocycles. The zero-order valence-electron chi connectivity index (χ0n) is 16.3. The van der Waals surface area contributed by atoms with Crippen molar-refractivity contribution in [1.82, 2.24) is 9.88 Å². The third-order valence-electron chi connectivity index (χ3n) is 6.04. The molecule has 2 aliphatic rings. The van der Waals surface area contributed by atoms with Crippen LogP contribution in [0.3, 0.4) is 0 Å². The van der Waals surface area contributed by atoms with E-state index < -0.39 is 11.7 Å². The molecule has 1 spiro atoms. The molecule has 3 N–H and O–H groups in total. The maximum absolute atomic E-state index is 15.3. The molecule has 1 aromatic heterocycles. The molecule has 2 aromatic rings. The zero-order chi connectivity index (χ0) is 20.2. The fourth-order valence-electron chi connectivity index (χ4n) is 4.47. The first kappa shape index (κ1) is 19.0. The van der Waals surface area contributed by atoms with Gasteiger partial charge in [-0.15, -0.1) is 0 Å². The van der Waals surface area contributed by atoms with E-state index in [1.165, 1.54) is 4.90 Å². The molecular formula is C21H24ClFN4O. The Balaban J connectivity index is 1.84. The van der Waals surface area contributed by atoms with Crippen LogP contribution in [0.5, 0.6) is 0 Å². The zero-order valence-corrected chi connectivity index (χ0v) is 17.0. The van der Waals surface area contributed by atoms with Gasteiger partial charge in [0.05, 0.1) is 10.6 Å². The van der Waals surface area contributed by atoms with E-state index in [0.717, 1.165) is 37.2 Å². The van der Waals surface area contributed by atoms with Crippen LogP contribution in [0.15, 0.2) is 18.3 Å². The van der Waals surface area contributed by atoms with Crippen LogP contribution in [0, 0.1) is 11.7 Å². The van der Waals surface area contributed by atoms with Gasteiger partial charge in [-0.2, -0.15) is 0 Å². The predicted molar refractivity (Wildman–Crippen MR) is 110 cm³/mol. The minimum Gasteiger partial charge on any atom is -0.398 e. The van der Waals surface area contributed by atoms with Gasteiger partial charge in [0.15, 0.2) is 0 Å². The van der Waals surface area contributed by atoms with Gasteiger partial charge >= 0.3 is 0 Å². The molecule has 1 fully saturated rings. The minimum absolute atomic E-state index is 0.00198. The molecule has 1 amide bonds. The van der Waals surface area contributed by atoms with E-state index in [0.29, 0.717) is 16.5 Å². The molecular weight excluding hydrogens is 379 g/mol. The van der Waals surface area contributed by atoms with Crippen molar-refractivity contribution in [3.63, 3.8) is 0 Å². The molecule has 1 saturated carbocycles. The summed E-state index contributed by atoms with van der Waals surface area (Å²) in [5.74, 6) is 0.212. The summed E-state index contributed by atoms with van der Waals surface area (Å²) < 4.78 is 15.3. The molecule has 4 rings (SSSR count). The molecule has 28 heavy (non-hydrogen) atoms. The Morgan fingerprint density at radius 3 is 2.86 bits per heavy atom. The van der Waals surface area contributed by atoms with Crippen LogP contribution in [0.2, 0.25) is 5.02 Å². The Morgan fingerprint density at radius 2 is 2.18 bits per heavy atom. The number of rotatable bonds is 4. The fraction of sp³-hybridized carbons (Fsp3) is 0.429. The van der Waals surface area contributed by atoms with E-state index in [1.807, 2.05) is 0 Å². The average Bonchev–Trinajstić information content (AvgIpc) is 3.19. The van der Waals surface area contributed by atoms with Gasteiger partial charge in [0.1, 0.15) is 11.6 Å². The van der Waals surface area contributed by atoms with Crippen LogP contribution in [-0.2, 0) is 5.41 Å². The standard InChI is InChI=1S/C21H24ClFN4O/c1-4-5-11-8-21(11)10-26-19-16(21)17(22)13(9-25-19)12-6-7-14(24)15(18(12)23)20(28)27(2)3/h6-7,9,11H,4-5,8,10,24H2,1-3H3,(H,25,26)/t11-,21-/m0/s1. The van der Waals surface area contributed by atoms with Crippen molar-refractivity contribution in [1.29, 1.82) is 0 Å². The van der Waals surface area contributed by atoms with Gasteiger partial charge in [0.2, 0.25) is 0 Å². The van der Waals surface area contributed by atoms with Gasteiger partial charge in [-0.05, 0) is 30.9 Å². The van der Waals surface area contributed by atoms with E-state index in [1.54, 1.807) is 32.4 Å². The quantitative estimate of drug-likeness (QED) is 0.747. The van der Waals surface area contributed by atoms with Crippen molar-refractivity contribution in [2.75, 3.05) is 31.7 Å². The van der Waals surface area contributed by atoms with Gasteiger partial charge in [-0.3, -0.25) is 4.79 Å². The number of hydrogen-bond donors (Lipinski definition) is 2. The summed E-state index contributed by atoms with van der Waals surface area (Å²) in [4.78, 5) is 18.2. The van der Waals surface area contributed by atoms with Gasteiger partial charge in [-0.1, -0.05) is 24.9 Å². The van der Waals surface area contributed by atoms with Crippen LogP contribution in [0.4, 0.5) is 15.9 Å². The summed E-state index contributed by atoms with van der Waals surface area (Å²) in [5.41, 5.74) is 7.59. The highest BCUT2D eigenvalue weighted by Gasteiger charge is 2.59. The number of anilines is 2. The number of amides is 1. The molecule has 0 saturated heterocycles. The summed E-state index contributed by atoms with van der Waals surface area (Å²) in [5, 5.41) is 3.87. The van der Waals surface area contributed by atoms with Crippen molar-refractivity contribution in [2.45, 2.75) is 31.6 Å². The highest BCUT2D eigenvalue weighted by molar-refractivity contribution is 6.34. The third-order valence-corrected chi connectivity index (χ3v) is 6.43. The monoisotopic (exact) mass is 402 g/mol. The second-order valence-corrected chi connectivity index (χ2v) is 8.38. The molecule has 2 atom stereocenters. The molecule has 7 heteroatoms. The number of nitrogens with two attached hydrogens (primary N) is 1. The van der Waals surface area contributed by atoms with Gasteiger partial charge in [0.25, 0.3) is 5.91 Å². The van der Waals surface area contributed by atoms with Gasteiger partial charge in [-0.25, -0.2) is 9.37 Å². The SMILES string of the molecule is CCC[C@H]1C[C@]12CNc1ncc(-c3ccc(N)c(C(=O)N(C)C)c3F)c(Cl)c12. The third kappa shape index (κ3) is 2.65. The number of carbonyl (C=O) groups excluding carboxylic acids is 1. The highest BCUT2D eigenvalue weighted by atomic mass is 35.5. The fourth-order valence-corrected chi connectivity index (χ4v) is 4.89. The molecule has 0 unspecified atom stereocenters. The summed E-state index contributed by atoms with van der Waals surface area (Å²) in [6, 6.07) is 3.11. The Hall–Kier alpha value is -2.34. The first-order chi connectivity index (χ1) is 13.3. The van der Waals surface area contributed by atoms with Crippen LogP contribution in [0.1, 0.15) is 42.1 Å². The summed E-state index contributed by atoms with van der Waals surface area (Å²) in [6.07, 6.45) is 4.90. The summed E-state index contributed by atoms with van der Waals surface area (Å²) in [7, 11) is 3.13. The maximum atomic E-state index is 15.3. The number of pyridine rings is 1. The molecule has 2 heterocycles. The normalized spacial score (nSPS) is 22.1. The molecule has 5 nitrogen and oxygen atoms in total. The van der Waals surface area contributed by atoms with Gasteiger partial charge < -0.3 is 16.0 Å². The van der Waals surface area contributed by atoms with E-state index in [2.05, 4.69) is 17.2 Å². The van der Waals surface area contributed by atoms with Gasteiger partial charge in [0, 0.05) is 54.6 Å². The van der Waals surface area contributed by atoms with E-state index in [4.69, 9.17) is 17.3 Å².